The molecule has 0 radical (unpaired) electrons. The van der Waals surface area contributed by atoms with E-state index in [9.17, 15) is 12.7 Å². The number of ether oxygens (including phenoxy) is 1. The van der Waals surface area contributed by atoms with Crippen molar-refractivity contribution in [2.24, 2.45) is 0 Å². The summed E-state index contributed by atoms with van der Waals surface area (Å²) in [6.07, 6.45) is 0.645. The van der Waals surface area contributed by atoms with Gasteiger partial charge in [0.1, 0.15) is 17.4 Å². The molecule has 0 saturated heterocycles. The molecule has 1 aromatic heterocycles. The van der Waals surface area contributed by atoms with Crippen molar-refractivity contribution in [2.45, 2.75) is 13.0 Å². The maximum absolute atomic E-state index is 13.5. The third kappa shape index (κ3) is 3.93. The van der Waals surface area contributed by atoms with Gasteiger partial charge in [0.05, 0.1) is 10.7 Å². The number of halogens is 4. The molecule has 3 aromatic rings. The molecule has 0 N–H and O–H groups in total. The molecule has 0 amide bonds. The Morgan fingerprint density at radius 2 is 1.88 bits per heavy atom. The second kappa shape index (κ2) is 7.41. The number of nitrogens with zero attached hydrogens (tertiary/aromatic N) is 2. The fourth-order valence-electron chi connectivity index (χ4n) is 2.32. The molecule has 8 heteroatoms. The van der Waals surface area contributed by atoms with Crippen LogP contribution in [0.25, 0.3) is 0 Å². The van der Waals surface area contributed by atoms with Gasteiger partial charge in [0.2, 0.25) is 0 Å². The van der Waals surface area contributed by atoms with Crippen molar-refractivity contribution in [3.05, 3.63) is 82.4 Å². The van der Waals surface area contributed by atoms with Crippen LogP contribution < -0.4 is 4.74 Å². The van der Waals surface area contributed by atoms with Crippen LogP contribution >= 0.6 is 23.9 Å². The molecule has 25 heavy (non-hydrogen) atoms. The van der Waals surface area contributed by atoms with E-state index in [1.807, 2.05) is 0 Å². The summed E-state index contributed by atoms with van der Waals surface area (Å²) in [4.78, 5) is 4.29. The summed E-state index contributed by atoms with van der Waals surface area (Å²) in [6.45, 7) is 1.71. The molecule has 3 rings (SSSR count). The predicted molar refractivity (Wildman–Crippen MR) is 91.3 cm³/mol. The molecule has 0 aliphatic rings. The minimum absolute atomic E-state index is 0.0333. The van der Waals surface area contributed by atoms with Crippen molar-refractivity contribution in [2.75, 3.05) is 0 Å². The molecule has 0 aliphatic heterocycles. The molecule has 1 atom stereocenters. The average molecular weight is 385 g/mol. The second-order valence-electron chi connectivity index (χ2n) is 5.26. The minimum atomic E-state index is -0.861. The smallest absolute Gasteiger partial charge is 0.182 e. The lowest BCUT2D eigenvalue weighted by Crippen LogP contribution is -2.14. The van der Waals surface area contributed by atoms with Crippen molar-refractivity contribution < 1.29 is 17.4 Å². The SMILES string of the molecule is Cc1cn(SF)c(C(Oc2ccc(F)cc2)c2ccc(F)c(Cl)c2)n1. The number of aryl methyl sites for hydroxylation is 1. The maximum atomic E-state index is 13.5. The van der Waals surface area contributed by atoms with E-state index in [0.717, 1.165) is 0 Å². The lowest BCUT2D eigenvalue weighted by Gasteiger charge is -2.19. The Balaban J connectivity index is 2.06. The quantitative estimate of drug-likeness (QED) is 0.567. The van der Waals surface area contributed by atoms with E-state index in [0.29, 0.717) is 17.0 Å². The summed E-state index contributed by atoms with van der Waals surface area (Å²) in [7, 11) is 0. The van der Waals surface area contributed by atoms with Gasteiger partial charge in [0.15, 0.2) is 24.3 Å². The van der Waals surface area contributed by atoms with Gasteiger partial charge in [0, 0.05) is 11.8 Å². The molecule has 0 spiro atoms. The average Bonchev–Trinajstić information content (AvgIpc) is 2.97. The van der Waals surface area contributed by atoms with E-state index >= 15 is 0 Å². The van der Waals surface area contributed by atoms with Crippen molar-refractivity contribution in [3.8, 4) is 5.75 Å². The van der Waals surface area contributed by atoms with E-state index in [1.165, 1.54) is 52.6 Å². The van der Waals surface area contributed by atoms with Gasteiger partial charge in [0.25, 0.3) is 0 Å². The lowest BCUT2D eigenvalue weighted by molar-refractivity contribution is 0.236. The van der Waals surface area contributed by atoms with Gasteiger partial charge in [-0.15, -0.1) is 3.89 Å². The topological polar surface area (TPSA) is 27.1 Å². The van der Waals surface area contributed by atoms with E-state index in [4.69, 9.17) is 16.3 Å². The number of hydrogen-bond acceptors (Lipinski definition) is 3. The first-order valence-electron chi connectivity index (χ1n) is 7.20. The van der Waals surface area contributed by atoms with E-state index in [-0.39, 0.29) is 23.2 Å². The fourth-order valence-corrected chi connectivity index (χ4v) is 2.91. The molecular formula is C17H12ClF3N2OS. The third-order valence-corrected chi connectivity index (χ3v) is 4.17. The first-order valence-corrected chi connectivity index (χ1v) is 8.25. The predicted octanol–water partition coefficient (Wildman–Crippen LogP) is 5.67. The summed E-state index contributed by atoms with van der Waals surface area (Å²) < 4.78 is 46.9. The van der Waals surface area contributed by atoms with Gasteiger partial charge in [-0.05, 0) is 43.3 Å². The molecule has 0 aliphatic carbocycles. The van der Waals surface area contributed by atoms with Crippen molar-refractivity contribution >= 4 is 23.9 Å². The van der Waals surface area contributed by atoms with Gasteiger partial charge in [-0.25, -0.2) is 17.7 Å². The number of imidazole rings is 1. The van der Waals surface area contributed by atoms with E-state index in [2.05, 4.69) is 4.98 Å². The Labute approximate surface area is 151 Å². The monoisotopic (exact) mass is 384 g/mol. The molecule has 1 heterocycles. The number of hydrogen-bond donors (Lipinski definition) is 0. The highest BCUT2D eigenvalue weighted by Crippen LogP contribution is 2.32. The van der Waals surface area contributed by atoms with Crippen LogP contribution in [-0.2, 0) is 0 Å². The highest BCUT2D eigenvalue weighted by Gasteiger charge is 2.24. The van der Waals surface area contributed by atoms with Crippen LogP contribution in [0.2, 0.25) is 5.02 Å². The summed E-state index contributed by atoms with van der Waals surface area (Å²) in [6, 6.07) is 9.43. The first kappa shape index (κ1) is 17.7. The first-order chi connectivity index (χ1) is 12.0. The van der Waals surface area contributed by atoms with Crippen molar-refractivity contribution in [3.63, 3.8) is 0 Å². The Hall–Kier alpha value is -2.12. The van der Waals surface area contributed by atoms with E-state index < -0.39 is 17.7 Å². The maximum Gasteiger partial charge on any atom is 0.182 e. The van der Waals surface area contributed by atoms with Gasteiger partial charge < -0.3 is 4.74 Å². The van der Waals surface area contributed by atoms with E-state index in [1.54, 1.807) is 6.92 Å². The Morgan fingerprint density at radius 3 is 2.52 bits per heavy atom. The zero-order valence-corrected chi connectivity index (χ0v) is 14.5. The van der Waals surface area contributed by atoms with Gasteiger partial charge in [-0.2, -0.15) is 0 Å². The van der Waals surface area contributed by atoms with Crippen LogP contribution in [0.4, 0.5) is 12.7 Å². The molecule has 0 saturated carbocycles. The summed E-state index contributed by atoms with van der Waals surface area (Å²) in [5.74, 6) is -0.379. The zero-order chi connectivity index (χ0) is 18.0. The highest BCUT2D eigenvalue weighted by molar-refractivity contribution is 7.92. The standard InChI is InChI=1S/C17H12ClF3N2OS/c1-10-9-23(25-21)17(22-10)16(11-2-7-15(20)14(18)8-11)24-13-5-3-12(19)4-6-13/h2-9,16H,1H3. The molecule has 0 fully saturated rings. The Kier molecular flexibility index (Phi) is 5.24. The summed E-state index contributed by atoms with van der Waals surface area (Å²) in [5.41, 5.74) is 1.07. The minimum Gasteiger partial charge on any atom is -0.478 e. The number of benzene rings is 2. The van der Waals surface area contributed by atoms with Crippen molar-refractivity contribution in [1.29, 1.82) is 0 Å². The van der Waals surface area contributed by atoms with Crippen LogP contribution in [0, 0.1) is 18.6 Å². The molecule has 2 aromatic carbocycles. The molecule has 0 bridgehead atoms. The molecular weight excluding hydrogens is 373 g/mol. The van der Waals surface area contributed by atoms with Crippen LogP contribution in [0.1, 0.15) is 23.2 Å². The summed E-state index contributed by atoms with van der Waals surface area (Å²) >= 11 is 5.83. The second-order valence-corrected chi connectivity index (χ2v) is 6.20. The molecule has 3 nitrogen and oxygen atoms in total. The molecule has 130 valence electrons. The Bertz CT molecular complexity index is 886. The van der Waals surface area contributed by atoms with Crippen LogP contribution in [0.3, 0.4) is 0 Å². The third-order valence-electron chi connectivity index (χ3n) is 3.44. The summed E-state index contributed by atoms with van der Waals surface area (Å²) in [5, 5.41) is -0.0899. The van der Waals surface area contributed by atoms with Gasteiger partial charge in [-0.3, -0.25) is 0 Å². The highest BCUT2D eigenvalue weighted by atomic mass is 35.5. The van der Waals surface area contributed by atoms with Crippen LogP contribution in [-0.4, -0.2) is 8.96 Å². The fraction of sp³-hybridized carbons (Fsp3) is 0.118. The molecule has 1 unspecified atom stereocenters. The van der Waals surface area contributed by atoms with Crippen LogP contribution in [0.5, 0.6) is 5.75 Å². The van der Waals surface area contributed by atoms with Crippen LogP contribution in [0.15, 0.2) is 48.7 Å². The van der Waals surface area contributed by atoms with Gasteiger partial charge in [-0.1, -0.05) is 17.7 Å². The van der Waals surface area contributed by atoms with Crippen molar-refractivity contribution in [1.82, 2.24) is 8.96 Å². The van der Waals surface area contributed by atoms with Gasteiger partial charge >= 0.3 is 0 Å². The zero-order valence-electron chi connectivity index (χ0n) is 12.9. The lowest BCUT2D eigenvalue weighted by atomic mass is 10.1. The Morgan fingerprint density at radius 1 is 1.16 bits per heavy atom. The number of rotatable bonds is 5. The normalized spacial score (nSPS) is 12.2. The number of aromatic nitrogens is 2. The largest absolute Gasteiger partial charge is 0.478 e.